The first kappa shape index (κ1) is 15.9. The summed E-state index contributed by atoms with van der Waals surface area (Å²) in [7, 11) is 3.23. The maximum absolute atomic E-state index is 12.0. The van der Waals surface area contributed by atoms with E-state index in [1.54, 1.807) is 19.1 Å². The van der Waals surface area contributed by atoms with Crippen molar-refractivity contribution in [1.29, 1.82) is 5.26 Å². The lowest BCUT2D eigenvalue weighted by molar-refractivity contribution is -0.134. The van der Waals surface area contributed by atoms with Crippen molar-refractivity contribution in [1.82, 2.24) is 4.90 Å². The Morgan fingerprint density at radius 1 is 1.29 bits per heavy atom. The molecule has 0 aromatic carbocycles. The largest absolute Gasteiger partial charge is 0.385 e. The predicted molar refractivity (Wildman–Crippen MR) is 64.3 cm³/mol. The van der Waals surface area contributed by atoms with Gasteiger partial charge in [0, 0.05) is 33.9 Å². The molecule has 1 unspecified atom stereocenters. The van der Waals surface area contributed by atoms with Crippen LogP contribution in [0.2, 0.25) is 0 Å². The van der Waals surface area contributed by atoms with Gasteiger partial charge in [-0.15, -0.1) is 0 Å². The third kappa shape index (κ3) is 6.25. The number of carbonyl (C=O) groups is 1. The molecule has 0 bridgehead atoms. The molecule has 0 aromatic heterocycles. The van der Waals surface area contributed by atoms with Crippen LogP contribution in [0.25, 0.3) is 0 Å². The summed E-state index contributed by atoms with van der Waals surface area (Å²) >= 11 is 0. The van der Waals surface area contributed by atoms with E-state index < -0.39 is 5.92 Å². The van der Waals surface area contributed by atoms with E-state index in [0.29, 0.717) is 32.7 Å². The van der Waals surface area contributed by atoms with E-state index in [1.807, 2.05) is 13.0 Å². The molecule has 0 saturated heterocycles. The van der Waals surface area contributed by atoms with Crippen molar-refractivity contribution in [2.75, 3.05) is 40.5 Å². The molecule has 1 amide bonds. The molecule has 17 heavy (non-hydrogen) atoms. The standard InChI is InChI=1S/C12H22N2O3/c1-4-11(10-13)12(15)14(7-9-17-3)6-5-8-16-2/h11H,4-9H2,1-3H3. The summed E-state index contributed by atoms with van der Waals surface area (Å²) in [6.07, 6.45) is 1.32. The maximum atomic E-state index is 12.0. The van der Waals surface area contributed by atoms with Gasteiger partial charge >= 0.3 is 0 Å². The third-order valence-corrected chi connectivity index (χ3v) is 2.52. The fourth-order valence-corrected chi connectivity index (χ4v) is 1.47. The number of hydrogen-bond donors (Lipinski definition) is 0. The molecule has 1 atom stereocenters. The molecule has 0 N–H and O–H groups in total. The summed E-state index contributed by atoms with van der Waals surface area (Å²) in [6.45, 7) is 4.07. The fraction of sp³-hybridized carbons (Fsp3) is 0.833. The zero-order chi connectivity index (χ0) is 13.1. The smallest absolute Gasteiger partial charge is 0.239 e. The molecule has 5 heteroatoms. The first-order chi connectivity index (χ1) is 8.21. The number of ether oxygens (including phenoxy) is 2. The first-order valence-electron chi connectivity index (χ1n) is 5.87. The van der Waals surface area contributed by atoms with Gasteiger partial charge in [0.25, 0.3) is 0 Å². The Kier molecular flexibility index (Phi) is 9.40. The van der Waals surface area contributed by atoms with Crippen LogP contribution in [0.3, 0.4) is 0 Å². The Bertz CT molecular complexity index is 251. The highest BCUT2D eigenvalue weighted by Gasteiger charge is 2.21. The van der Waals surface area contributed by atoms with E-state index in [-0.39, 0.29) is 5.91 Å². The molecular weight excluding hydrogens is 220 g/mol. The average Bonchev–Trinajstić information content (AvgIpc) is 2.35. The number of rotatable bonds is 9. The van der Waals surface area contributed by atoms with Gasteiger partial charge in [-0.25, -0.2) is 0 Å². The van der Waals surface area contributed by atoms with E-state index in [4.69, 9.17) is 14.7 Å². The summed E-state index contributed by atoms with van der Waals surface area (Å²) in [5, 5.41) is 8.89. The van der Waals surface area contributed by atoms with Crippen LogP contribution in [0.1, 0.15) is 19.8 Å². The van der Waals surface area contributed by atoms with Crippen molar-refractivity contribution < 1.29 is 14.3 Å². The summed E-state index contributed by atoms with van der Waals surface area (Å²) in [4.78, 5) is 13.7. The van der Waals surface area contributed by atoms with Gasteiger partial charge in [0.15, 0.2) is 0 Å². The molecule has 0 spiro atoms. The van der Waals surface area contributed by atoms with Crippen molar-refractivity contribution in [3.63, 3.8) is 0 Å². The van der Waals surface area contributed by atoms with Gasteiger partial charge in [-0.2, -0.15) is 5.26 Å². The SMILES string of the molecule is CCC(C#N)C(=O)N(CCCOC)CCOC. The van der Waals surface area contributed by atoms with Crippen LogP contribution in [-0.2, 0) is 14.3 Å². The van der Waals surface area contributed by atoms with Crippen molar-refractivity contribution in [3.8, 4) is 6.07 Å². The van der Waals surface area contributed by atoms with Crippen LogP contribution >= 0.6 is 0 Å². The van der Waals surface area contributed by atoms with Gasteiger partial charge in [-0.3, -0.25) is 4.79 Å². The van der Waals surface area contributed by atoms with Crippen molar-refractivity contribution in [3.05, 3.63) is 0 Å². The summed E-state index contributed by atoms with van der Waals surface area (Å²) in [5.41, 5.74) is 0. The number of nitriles is 1. The highest BCUT2D eigenvalue weighted by Crippen LogP contribution is 2.07. The van der Waals surface area contributed by atoms with Crippen LogP contribution in [0.5, 0.6) is 0 Å². The van der Waals surface area contributed by atoms with Crippen LogP contribution in [0, 0.1) is 17.2 Å². The zero-order valence-electron chi connectivity index (χ0n) is 10.9. The summed E-state index contributed by atoms with van der Waals surface area (Å²) in [6, 6.07) is 2.04. The Hall–Kier alpha value is -1.12. The van der Waals surface area contributed by atoms with Crippen LogP contribution in [0.4, 0.5) is 0 Å². The zero-order valence-corrected chi connectivity index (χ0v) is 10.9. The number of hydrogen-bond acceptors (Lipinski definition) is 4. The van der Waals surface area contributed by atoms with Crippen LogP contribution < -0.4 is 0 Å². The van der Waals surface area contributed by atoms with E-state index in [9.17, 15) is 4.79 Å². The number of carbonyl (C=O) groups excluding carboxylic acids is 1. The molecule has 5 nitrogen and oxygen atoms in total. The second-order valence-electron chi connectivity index (χ2n) is 3.75. The van der Waals surface area contributed by atoms with E-state index in [0.717, 1.165) is 6.42 Å². The van der Waals surface area contributed by atoms with Crippen molar-refractivity contribution >= 4 is 5.91 Å². The van der Waals surface area contributed by atoms with E-state index >= 15 is 0 Å². The molecule has 0 saturated carbocycles. The molecule has 0 heterocycles. The minimum atomic E-state index is -0.547. The van der Waals surface area contributed by atoms with E-state index in [2.05, 4.69) is 0 Å². The molecule has 0 radical (unpaired) electrons. The normalized spacial score (nSPS) is 11.9. The summed E-state index contributed by atoms with van der Waals surface area (Å²) < 4.78 is 9.92. The Balaban J connectivity index is 4.33. The molecule has 0 aromatic rings. The van der Waals surface area contributed by atoms with Gasteiger partial charge in [0.05, 0.1) is 12.7 Å². The highest BCUT2D eigenvalue weighted by molar-refractivity contribution is 5.81. The molecule has 0 rings (SSSR count). The van der Waals surface area contributed by atoms with Gasteiger partial charge in [0.1, 0.15) is 5.92 Å². The summed E-state index contributed by atoms with van der Waals surface area (Å²) in [5.74, 6) is -0.655. The molecule has 0 aliphatic rings. The lowest BCUT2D eigenvalue weighted by atomic mass is 10.1. The Labute approximate surface area is 103 Å². The van der Waals surface area contributed by atoms with Crippen molar-refractivity contribution in [2.45, 2.75) is 19.8 Å². The molecule has 98 valence electrons. The minimum absolute atomic E-state index is 0.108. The number of amides is 1. The average molecular weight is 242 g/mol. The second-order valence-corrected chi connectivity index (χ2v) is 3.75. The topological polar surface area (TPSA) is 62.6 Å². The second kappa shape index (κ2) is 10.1. The Morgan fingerprint density at radius 3 is 2.41 bits per heavy atom. The third-order valence-electron chi connectivity index (χ3n) is 2.52. The predicted octanol–water partition coefficient (Wildman–Crippen LogP) is 1.05. The fourth-order valence-electron chi connectivity index (χ4n) is 1.47. The van der Waals surface area contributed by atoms with Gasteiger partial charge in [-0.1, -0.05) is 6.92 Å². The molecule has 0 aliphatic heterocycles. The maximum Gasteiger partial charge on any atom is 0.239 e. The highest BCUT2D eigenvalue weighted by atomic mass is 16.5. The van der Waals surface area contributed by atoms with Gasteiger partial charge in [0.2, 0.25) is 5.91 Å². The van der Waals surface area contributed by atoms with Crippen LogP contribution in [0.15, 0.2) is 0 Å². The lowest BCUT2D eigenvalue weighted by Gasteiger charge is -2.24. The number of nitrogens with zero attached hydrogens (tertiary/aromatic N) is 2. The minimum Gasteiger partial charge on any atom is -0.385 e. The first-order valence-corrected chi connectivity index (χ1v) is 5.87. The monoisotopic (exact) mass is 242 g/mol. The van der Waals surface area contributed by atoms with Crippen molar-refractivity contribution in [2.24, 2.45) is 5.92 Å². The van der Waals surface area contributed by atoms with Crippen LogP contribution in [-0.4, -0.2) is 51.3 Å². The lowest BCUT2D eigenvalue weighted by Crippen LogP contribution is -2.38. The molecule has 0 fully saturated rings. The molecule has 0 aliphatic carbocycles. The quantitative estimate of drug-likeness (QED) is 0.567. The Morgan fingerprint density at radius 2 is 1.94 bits per heavy atom. The number of methoxy groups -OCH3 is 2. The van der Waals surface area contributed by atoms with Gasteiger partial charge < -0.3 is 14.4 Å². The van der Waals surface area contributed by atoms with E-state index in [1.165, 1.54) is 0 Å². The van der Waals surface area contributed by atoms with Gasteiger partial charge in [-0.05, 0) is 12.8 Å². The molecular formula is C12H22N2O3.